The Morgan fingerprint density at radius 1 is 0.974 bits per heavy atom. The van der Waals surface area contributed by atoms with Crippen molar-refractivity contribution in [3.05, 3.63) is 43.6 Å². The van der Waals surface area contributed by atoms with E-state index in [1.807, 2.05) is 4.98 Å². The lowest BCUT2D eigenvalue weighted by atomic mass is 9.67. The monoisotopic (exact) mass is 544 g/mol. The molecule has 0 aromatic heterocycles. The summed E-state index contributed by atoms with van der Waals surface area (Å²) in [5.41, 5.74) is -5.52. The Balaban J connectivity index is 2.67. The number of aromatic nitrogens is 4. The van der Waals surface area contributed by atoms with Crippen molar-refractivity contribution in [1.82, 2.24) is 19.5 Å². The largest absolute Gasteiger partial charge is 0.394 e. The van der Waals surface area contributed by atoms with Crippen LogP contribution in [0.1, 0.15) is 49.2 Å². The Kier molecular flexibility index (Phi) is 8.07. The predicted molar refractivity (Wildman–Crippen MR) is 135 cm³/mol. The predicted octanol–water partition coefficient (Wildman–Crippen LogP) is -1.82. The number of aliphatic hydroxyl groups excluding tert-OH is 4. The van der Waals surface area contributed by atoms with E-state index in [1.165, 1.54) is 13.0 Å². The molecular formula is C25H28N4O10. The van der Waals surface area contributed by atoms with E-state index in [0.29, 0.717) is 0 Å². The van der Waals surface area contributed by atoms with Gasteiger partial charge < -0.3 is 25.0 Å². The SMILES string of the molecule is CC(=O)c1c(C(C(C)=O)(C(C)=O)C(C)=O)c(C)cc2nc3c(=O)[nH]c(=O)nc-3n(C[C@@H](O)[C@@H](O)[C@@H](O)CO)c12. The second-order valence-corrected chi connectivity index (χ2v) is 9.36. The van der Waals surface area contributed by atoms with Gasteiger partial charge in [-0.1, -0.05) is 0 Å². The number of carbonyl (C=O) groups excluding carboxylic acids is 4. The molecule has 1 aromatic rings. The van der Waals surface area contributed by atoms with E-state index in [-0.39, 0.29) is 33.4 Å². The molecule has 0 unspecified atom stereocenters. The van der Waals surface area contributed by atoms with Crippen LogP contribution in [-0.4, -0.2) is 88.0 Å². The minimum atomic E-state index is -2.39. The van der Waals surface area contributed by atoms with Gasteiger partial charge in [0, 0.05) is 5.56 Å². The number of aliphatic hydroxyl groups is 4. The maximum absolute atomic E-state index is 13.2. The number of H-pyrrole nitrogens is 1. The summed E-state index contributed by atoms with van der Waals surface area (Å²) >= 11 is 0. The number of rotatable bonds is 10. The molecule has 1 aromatic carbocycles. The minimum absolute atomic E-state index is 0.0612. The van der Waals surface area contributed by atoms with Gasteiger partial charge in [-0.15, -0.1) is 0 Å². The van der Waals surface area contributed by atoms with Crippen LogP contribution < -0.4 is 11.2 Å². The minimum Gasteiger partial charge on any atom is -0.394 e. The summed E-state index contributed by atoms with van der Waals surface area (Å²) in [5.74, 6) is -3.74. The molecule has 208 valence electrons. The van der Waals surface area contributed by atoms with Crippen LogP contribution in [0, 0.1) is 6.92 Å². The molecule has 2 aliphatic rings. The van der Waals surface area contributed by atoms with Crippen molar-refractivity contribution in [3.63, 3.8) is 0 Å². The third kappa shape index (κ3) is 4.71. The molecule has 3 atom stereocenters. The highest BCUT2D eigenvalue weighted by atomic mass is 16.4. The lowest BCUT2D eigenvalue weighted by Gasteiger charge is -2.32. The first kappa shape index (κ1) is 29.6. The van der Waals surface area contributed by atoms with Gasteiger partial charge in [-0.2, -0.15) is 4.98 Å². The molecule has 0 amide bonds. The number of carbonyl (C=O) groups is 4. The van der Waals surface area contributed by atoms with Gasteiger partial charge in [0.1, 0.15) is 18.3 Å². The average Bonchev–Trinajstić information content (AvgIpc) is 2.83. The van der Waals surface area contributed by atoms with Crippen molar-refractivity contribution in [2.75, 3.05) is 6.61 Å². The number of aryl methyl sites for hydroxylation is 1. The zero-order valence-corrected chi connectivity index (χ0v) is 21.8. The lowest BCUT2D eigenvalue weighted by molar-refractivity contribution is -0.140. The van der Waals surface area contributed by atoms with Crippen molar-refractivity contribution in [2.24, 2.45) is 0 Å². The summed E-state index contributed by atoms with van der Waals surface area (Å²) in [5, 5.41) is 40.0. The van der Waals surface area contributed by atoms with Crippen molar-refractivity contribution in [3.8, 4) is 11.5 Å². The van der Waals surface area contributed by atoms with Gasteiger partial charge in [0.2, 0.25) is 0 Å². The molecule has 5 N–H and O–H groups in total. The van der Waals surface area contributed by atoms with Crippen LogP contribution in [-0.2, 0) is 26.3 Å². The number of benzene rings is 1. The number of hydrogen-bond donors (Lipinski definition) is 5. The van der Waals surface area contributed by atoms with Crippen molar-refractivity contribution in [1.29, 1.82) is 0 Å². The van der Waals surface area contributed by atoms with E-state index in [4.69, 9.17) is 0 Å². The van der Waals surface area contributed by atoms with Crippen molar-refractivity contribution >= 4 is 34.2 Å². The Morgan fingerprint density at radius 3 is 2.03 bits per heavy atom. The number of Topliss-reactive ketones (excluding diaryl/α,β-unsaturated/α-hetero) is 4. The third-order valence-corrected chi connectivity index (χ3v) is 6.75. The van der Waals surface area contributed by atoms with Gasteiger partial charge in [0.25, 0.3) is 5.56 Å². The van der Waals surface area contributed by atoms with Crippen LogP contribution in [0.5, 0.6) is 0 Å². The van der Waals surface area contributed by atoms with Gasteiger partial charge >= 0.3 is 5.69 Å². The van der Waals surface area contributed by atoms with Crippen LogP contribution in [0.15, 0.2) is 15.7 Å². The highest BCUT2D eigenvalue weighted by molar-refractivity contribution is 6.30. The summed E-state index contributed by atoms with van der Waals surface area (Å²) in [6.45, 7) is 4.02. The Hall–Kier alpha value is -3.98. The summed E-state index contributed by atoms with van der Waals surface area (Å²) in [6.07, 6.45) is -5.56. The van der Waals surface area contributed by atoms with Gasteiger partial charge in [0.05, 0.1) is 24.2 Å². The van der Waals surface area contributed by atoms with E-state index < -0.39 is 77.1 Å². The Morgan fingerprint density at radius 2 is 1.54 bits per heavy atom. The normalized spacial score (nSPS) is 14.3. The van der Waals surface area contributed by atoms with Crippen LogP contribution in [0.3, 0.4) is 0 Å². The Labute approximate surface area is 220 Å². The fourth-order valence-corrected chi connectivity index (χ4v) is 5.03. The first-order chi connectivity index (χ1) is 18.1. The lowest BCUT2D eigenvalue weighted by Crippen LogP contribution is -2.49. The second kappa shape index (κ2) is 10.6. The van der Waals surface area contributed by atoms with E-state index in [2.05, 4.69) is 9.97 Å². The smallest absolute Gasteiger partial charge is 0.349 e. The zero-order chi connectivity index (χ0) is 29.6. The first-order valence-corrected chi connectivity index (χ1v) is 11.8. The summed E-state index contributed by atoms with van der Waals surface area (Å²) < 4.78 is 1.01. The third-order valence-electron chi connectivity index (χ3n) is 6.75. The number of fused-ring (bicyclic) bond motifs is 2. The molecule has 0 saturated carbocycles. The Bertz CT molecular complexity index is 1570. The fraction of sp³-hybridized carbons (Fsp3) is 0.440. The number of nitrogens with one attached hydrogen (secondary N) is 1. The highest BCUT2D eigenvalue weighted by Gasteiger charge is 2.50. The van der Waals surface area contributed by atoms with Gasteiger partial charge in [-0.3, -0.25) is 29.0 Å². The maximum atomic E-state index is 13.2. The summed E-state index contributed by atoms with van der Waals surface area (Å²) in [6, 6.07) is 1.33. The number of aromatic amines is 1. The molecule has 0 radical (unpaired) electrons. The van der Waals surface area contributed by atoms with Crippen LogP contribution in [0.25, 0.3) is 22.6 Å². The van der Waals surface area contributed by atoms with E-state index in [1.54, 1.807) is 0 Å². The quantitative estimate of drug-likeness (QED) is 0.108. The summed E-state index contributed by atoms with van der Waals surface area (Å²) in [7, 11) is 0. The molecular weight excluding hydrogens is 516 g/mol. The number of hydrogen-bond acceptors (Lipinski definition) is 12. The standard InChI is InChI=1S/C25H28N4O10/c1-9-6-14-20(17(10(2)31)18(9)25(11(3)32,12(4)33)13(5)34)29(7-15(35)21(37)16(36)8-30)22-19(26-14)23(38)28-24(39)27-22/h6,15-16,21,30,35-37H,7-8H2,1-5H3,(H,28,38,39)/t15-,16+,21-/m1/s1. The van der Waals surface area contributed by atoms with Crippen LogP contribution in [0.2, 0.25) is 0 Å². The number of ketones is 4. The first-order valence-electron chi connectivity index (χ1n) is 11.8. The van der Waals surface area contributed by atoms with Crippen molar-refractivity contribution < 1.29 is 39.6 Å². The molecule has 0 fully saturated rings. The van der Waals surface area contributed by atoms with Gasteiger partial charge in [0.15, 0.2) is 40.1 Å². The van der Waals surface area contributed by atoms with Crippen molar-refractivity contribution in [2.45, 2.75) is 64.9 Å². The second-order valence-electron chi connectivity index (χ2n) is 9.36. The van der Waals surface area contributed by atoms with Crippen LogP contribution >= 0.6 is 0 Å². The maximum Gasteiger partial charge on any atom is 0.349 e. The molecule has 0 aliphatic carbocycles. The topological polar surface area (TPSA) is 230 Å². The fourth-order valence-electron chi connectivity index (χ4n) is 5.03. The van der Waals surface area contributed by atoms with Gasteiger partial charge in [-0.05, 0) is 51.8 Å². The molecule has 0 bridgehead atoms. The molecule has 0 spiro atoms. The van der Waals surface area contributed by atoms with E-state index in [9.17, 15) is 49.2 Å². The van der Waals surface area contributed by atoms with E-state index in [0.717, 1.165) is 32.3 Å². The molecule has 2 aliphatic heterocycles. The number of nitrogens with zero attached hydrogens (tertiary/aromatic N) is 3. The molecule has 14 heteroatoms. The molecule has 2 heterocycles. The highest BCUT2D eigenvalue weighted by Crippen LogP contribution is 2.38. The van der Waals surface area contributed by atoms with Crippen LogP contribution in [0.4, 0.5) is 0 Å². The molecule has 14 nitrogen and oxygen atoms in total. The molecule has 39 heavy (non-hydrogen) atoms. The molecule has 0 saturated heterocycles. The van der Waals surface area contributed by atoms with E-state index >= 15 is 0 Å². The summed E-state index contributed by atoms with van der Waals surface area (Å²) in [4.78, 5) is 86.9. The molecule has 3 rings (SSSR count). The average molecular weight is 545 g/mol. The zero-order valence-electron chi connectivity index (χ0n) is 21.8. The van der Waals surface area contributed by atoms with Gasteiger partial charge in [-0.25, -0.2) is 9.78 Å².